The van der Waals surface area contributed by atoms with Gasteiger partial charge in [0.25, 0.3) is 0 Å². The minimum atomic E-state index is -0.599. The zero-order chi connectivity index (χ0) is 15.8. The molecular weight excluding hydrogens is 272 g/mol. The first-order chi connectivity index (χ1) is 10.7. The van der Waals surface area contributed by atoms with Crippen molar-refractivity contribution in [2.75, 3.05) is 6.61 Å². The van der Waals surface area contributed by atoms with Crippen LogP contribution in [0.4, 0.5) is 0 Å². The Labute approximate surface area is 132 Å². The van der Waals surface area contributed by atoms with Crippen LogP contribution in [0.15, 0.2) is 73.3 Å². The lowest BCUT2D eigenvalue weighted by Gasteiger charge is -2.24. The fourth-order valence-corrected chi connectivity index (χ4v) is 2.28. The predicted octanol–water partition coefficient (Wildman–Crippen LogP) is 4.67. The van der Waals surface area contributed by atoms with Crippen LogP contribution >= 0.6 is 0 Å². The first kappa shape index (κ1) is 16.2. The molecule has 0 aromatic heterocycles. The normalized spacial score (nSPS) is 13.3. The summed E-state index contributed by atoms with van der Waals surface area (Å²) in [6.07, 6.45) is 2.35. The Bertz CT molecular complexity index is 604. The van der Waals surface area contributed by atoms with Gasteiger partial charge in [0.05, 0.1) is 12.0 Å². The van der Waals surface area contributed by atoms with Crippen molar-refractivity contribution in [3.8, 4) is 0 Å². The molecule has 0 spiro atoms. The third-order valence-corrected chi connectivity index (χ3v) is 3.88. The number of rotatable bonds is 8. The number of ether oxygens (including phenoxy) is 1. The molecule has 1 atom stereocenters. The molecule has 0 heterocycles. The number of carbonyl (C=O) groups is 1. The summed E-state index contributed by atoms with van der Waals surface area (Å²) in [6.45, 7) is 6.84. The Hall–Kier alpha value is -2.19. The standard InChI is InChI=1S/C20H22O2/c1-3-20(2,19(21)18-12-8-5-9-13-18)14-15-22-16-17-10-6-4-7-11-17/h3-13H,1,14-16H2,2H3. The van der Waals surface area contributed by atoms with E-state index in [0.717, 1.165) is 5.56 Å². The number of Topliss-reactive ketones (excluding diaryl/α,β-unsaturated/α-hetero) is 1. The zero-order valence-corrected chi connectivity index (χ0v) is 13.0. The van der Waals surface area contributed by atoms with Crippen LogP contribution in [0, 0.1) is 5.41 Å². The highest BCUT2D eigenvalue weighted by Gasteiger charge is 2.30. The molecule has 2 rings (SSSR count). The second-order valence-electron chi connectivity index (χ2n) is 5.60. The van der Waals surface area contributed by atoms with E-state index in [2.05, 4.69) is 6.58 Å². The van der Waals surface area contributed by atoms with Gasteiger partial charge in [-0.2, -0.15) is 0 Å². The van der Waals surface area contributed by atoms with E-state index >= 15 is 0 Å². The van der Waals surface area contributed by atoms with E-state index in [0.29, 0.717) is 25.2 Å². The smallest absolute Gasteiger partial charge is 0.172 e. The Kier molecular flexibility index (Phi) is 5.68. The lowest BCUT2D eigenvalue weighted by Crippen LogP contribution is -2.27. The van der Waals surface area contributed by atoms with Crippen LogP contribution in [0.25, 0.3) is 0 Å². The maximum Gasteiger partial charge on any atom is 0.172 e. The highest BCUT2D eigenvalue weighted by atomic mass is 16.5. The summed E-state index contributed by atoms with van der Waals surface area (Å²) in [7, 11) is 0. The van der Waals surface area contributed by atoms with Gasteiger partial charge in [-0.15, -0.1) is 6.58 Å². The first-order valence-corrected chi connectivity index (χ1v) is 7.51. The SMILES string of the molecule is C=CC(C)(CCOCc1ccccc1)C(=O)c1ccccc1. The highest BCUT2D eigenvalue weighted by molar-refractivity contribution is 6.01. The van der Waals surface area contributed by atoms with Crippen LogP contribution in [0.5, 0.6) is 0 Å². The molecule has 0 bridgehead atoms. The third kappa shape index (κ3) is 4.15. The molecule has 0 N–H and O–H groups in total. The van der Waals surface area contributed by atoms with Gasteiger partial charge in [0.1, 0.15) is 0 Å². The average Bonchev–Trinajstić information content (AvgIpc) is 2.59. The van der Waals surface area contributed by atoms with Gasteiger partial charge in [0.2, 0.25) is 0 Å². The number of hydrogen-bond donors (Lipinski definition) is 0. The molecule has 0 aliphatic carbocycles. The third-order valence-electron chi connectivity index (χ3n) is 3.88. The largest absolute Gasteiger partial charge is 0.377 e. The lowest BCUT2D eigenvalue weighted by molar-refractivity contribution is 0.0726. The van der Waals surface area contributed by atoms with Crippen molar-refractivity contribution in [2.24, 2.45) is 5.41 Å². The summed E-state index contributed by atoms with van der Waals surface area (Å²) in [6, 6.07) is 19.4. The first-order valence-electron chi connectivity index (χ1n) is 7.51. The van der Waals surface area contributed by atoms with Crippen LogP contribution < -0.4 is 0 Å². The quantitative estimate of drug-likeness (QED) is 0.402. The van der Waals surface area contributed by atoms with Gasteiger partial charge < -0.3 is 4.74 Å². The van der Waals surface area contributed by atoms with Gasteiger partial charge in [0.15, 0.2) is 5.78 Å². The van der Waals surface area contributed by atoms with E-state index in [9.17, 15) is 4.79 Å². The van der Waals surface area contributed by atoms with Crippen molar-refractivity contribution >= 4 is 5.78 Å². The summed E-state index contributed by atoms with van der Waals surface area (Å²) in [5.41, 5.74) is 1.25. The summed E-state index contributed by atoms with van der Waals surface area (Å²) >= 11 is 0. The molecule has 0 radical (unpaired) electrons. The Balaban J connectivity index is 1.90. The summed E-state index contributed by atoms with van der Waals surface area (Å²) in [5, 5.41) is 0. The van der Waals surface area contributed by atoms with Crippen molar-refractivity contribution in [1.82, 2.24) is 0 Å². The van der Waals surface area contributed by atoms with E-state index in [4.69, 9.17) is 4.74 Å². The van der Waals surface area contributed by atoms with E-state index in [1.165, 1.54) is 0 Å². The molecule has 0 amide bonds. The van der Waals surface area contributed by atoms with Crippen LogP contribution in [-0.2, 0) is 11.3 Å². The molecular formula is C20H22O2. The molecule has 0 fully saturated rings. The average molecular weight is 294 g/mol. The van der Waals surface area contributed by atoms with E-state index in [1.54, 1.807) is 6.08 Å². The van der Waals surface area contributed by atoms with E-state index in [-0.39, 0.29) is 5.78 Å². The lowest BCUT2D eigenvalue weighted by atomic mass is 9.80. The van der Waals surface area contributed by atoms with Gasteiger partial charge >= 0.3 is 0 Å². The van der Waals surface area contributed by atoms with Gasteiger partial charge in [-0.1, -0.05) is 66.7 Å². The molecule has 2 nitrogen and oxygen atoms in total. The maximum absolute atomic E-state index is 12.6. The second-order valence-corrected chi connectivity index (χ2v) is 5.60. The number of allylic oxidation sites excluding steroid dienone is 1. The zero-order valence-electron chi connectivity index (χ0n) is 13.0. The van der Waals surface area contributed by atoms with E-state index in [1.807, 2.05) is 67.6 Å². The second kappa shape index (κ2) is 7.71. The van der Waals surface area contributed by atoms with Crippen molar-refractivity contribution < 1.29 is 9.53 Å². The summed E-state index contributed by atoms with van der Waals surface area (Å²) in [4.78, 5) is 12.6. The summed E-state index contributed by atoms with van der Waals surface area (Å²) in [5.74, 6) is 0.0893. The maximum atomic E-state index is 12.6. The topological polar surface area (TPSA) is 26.3 Å². The molecule has 0 saturated heterocycles. The Morgan fingerprint density at radius 2 is 1.68 bits per heavy atom. The number of benzene rings is 2. The van der Waals surface area contributed by atoms with Crippen LogP contribution in [0.1, 0.15) is 29.3 Å². The Morgan fingerprint density at radius 3 is 2.27 bits per heavy atom. The molecule has 0 aliphatic heterocycles. The molecule has 114 valence electrons. The molecule has 2 aromatic carbocycles. The monoisotopic (exact) mass is 294 g/mol. The molecule has 2 heteroatoms. The minimum absolute atomic E-state index is 0.0893. The summed E-state index contributed by atoms with van der Waals surface area (Å²) < 4.78 is 5.70. The fourth-order valence-electron chi connectivity index (χ4n) is 2.28. The Morgan fingerprint density at radius 1 is 1.09 bits per heavy atom. The predicted molar refractivity (Wildman–Crippen MR) is 89.8 cm³/mol. The number of ketones is 1. The van der Waals surface area contributed by atoms with Crippen molar-refractivity contribution in [2.45, 2.75) is 20.0 Å². The van der Waals surface area contributed by atoms with Gasteiger partial charge in [-0.25, -0.2) is 0 Å². The van der Waals surface area contributed by atoms with E-state index < -0.39 is 5.41 Å². The van der Waals surface area contributed by atoms with Crippen LogP contribution in [-0.4, -0.2) is 12.4 Å². The van der Waals surface area contributed by atoms with Crippen LogP contribution in [0.2, 0.25) is 0 Å². The van der Waals surface area contributed by atoms with Crippen LogP contribution in [0.3, 0.4) is 0 Å². The molecule has 22 heavy (non-hydrogen) atoms. The molecule has 1 unspecified atom stereocenters. The van der Waals surface area contributed by atoms with Gasteiger partial charge in [-0.3, -0.25) is 4.79 Å². The minimum Gasteiger partial charge on any atom is -0.377 e. The van der Waals surface area contributed by atoms with Crippen molar-refractivity contribution in [1.29, 1.82) is 0 Å². The highest BCUT2D eigenvalue weighted by Crippen LogP contribution is 2.28. The van der Waals surface area contributed by atoms with Crippen molar-refractivity contribution in [3.63, 3.8) is 0 Å². The molecule has 0 aliphatic rings. The number of hydrogen-bond acceptors (Lipinski definition) is 2. The molecule has 0 saturated carbocycles. The van der Waals surface area contributed by atoms with Crippen molar-refractivity contribution in [3.05, 3.63) is 84.4 Å². The van der Waals surface area contributed by atoms with Gasteiger partial charge in [-0.05, 0) is 18.9 Å². The van der Waals surface area contributed by atoms with Gasteiger partial charge in [0, 0.05) is 12.2 Å². The number of carbonyl (C=O) groups excluding carboxylic acids is 1. The molecule has 2 aromatic rings. The fraction of sp³-hybridized carbons (Fsp3) is 0.250.